The molecule has 9 heteroatoms. The third-order valence-electron chi connectivity index (χ3n) is 4.06. The molecule has 3 rings (SSSR count). The molecule has 0 aliphatic rings. The van der Waals surface area contributed by atoms with Crippen molar-refractivity contribution in [3.05, 3.63) is 54.1 Å². The Bertz CT molecular complexity index is 1080. The highest BCUT2D eigenvalue weighted by Gasteiger charge is 2.23. The Labute approximate surface area is 174 Å². The predicted octanol–water partition coefficient (Wildman–Crippen LogP) is 3.28. The number of fused-ring (bicyclic) bond motifs is 1. The average Bonchev–Trinajstić information content (AvgIpc) is 3.11. The summed E-state index contributed by atoms with van der Waals surface area (Å²) in [6, 6.07) is 13.4. The monoisotopic (exact) mass is 433 g/mol. The summed E-state index contributed by atoms with van der Waals surface area (Å²) < 4.78 is 33.6. The third-order valence-corrected chi connectivity index (χ3v) is 6.78. The SMILES string of the molecule is COCCN(C(=O)c1cccc(S(=O)(=O)NC(C)C)c1)c1nc2ccccc2s1. The molecule has 0 aliphatic carbocycles. The summed E-state index contributed by atoms with van der Waals surface area (Å²) in [6.07, 6.45) is 0. The van der Waals surface area contributed by atoms with Crippen LogP contribution in [0.25, 0.3) is 10.2 Å². The summed E-state index contributed by atoms with van der Waals surface area (Å²) >= 11 is 1.40. The van der Waals surface area contributed by atoms with E-state index in [2.05, 4.69) is 9.71 Å². The Balaban J connectivity index is 1.97. The number of thiazole rings is 1. The van der Waals surface area contributed by atoms with Crippen molar-refractivity contribution in [2.75, 3.05) is 25.2 Å². The molecule has 0 saturated heterocycles. The summed E-state index contributed by atoms with van der Waals surface area (Å²) in [7, 11) is -2.14. The molecule has 7 nitrogen and oxygen atoms in total. The first-order chi connectivity index (χ1) is 13.8. The first-order valence-electron chi connectivity index (χ1n) is 9.10. The molecule has 29 heavy (non-hydrogen) atoms. The van der Waals surface area contributed by atoms with E-state index in [-0.39, 0.29) is 22.4 Å². The molecule has 0 atom stereocenters. The molecule has 0 fully saturated rings. The predicted molar refractivity (Wildman–Crippen MR) is 115 cm³/mol. The van der Waals surface area contributed by atoms with Crippen molar-refractivity contribution in [3.8, 4) is 0 Å². The zero-order chi connectivity index (χ0) is 21.0. The van der Waals surface area contributed by atoms with E-state index in [0.717, 1.165) is 10.2 Å². The highest BCUT2D eigenvalue weighted by molar-refractivity contribution is 7.89. The van der Waals surface area contributed by atoms with Gasteiger partial charge in [0.25, 0.3) is 5.91 Å². The van der Waals surface area contributed by atoms with Gasteiger partial charge in [0.1, 0.15) is 0 Å². The van der Waals surface area contributed by atoms with Crippen LogP contribution in [0.2, 0.25) is 0 Å². The van der Waals surface area contributed by atoms with Crippen molar-refractivity contribution < 1.29 is 17.9 Å². The minimum atomic E-state index is -3.70. The molecule has 1 N–H and O–H groups in total. The number of carbonyl (C=O) groups excluding carboxylic acids is 1. The Morgan fingerprint density at radius 2 is 1.97 bits per heavy atom. The normalized spacial score (nSPS) is 11.9. The maximum Gasteiger partial charge on any atom is 0.260 e. The number of nitrogens with one attached hydrogen (secondary N) is 1. The number of carbonyl (C=O) groups is 1. The van der Waals surface area contributed by atoms with Gasteiger partial charge in [0.2, 0.25) is 10.0 Å². The van der Waals surface area contributed by atoms with Crippen LogP contribution in [0, 0.1) is 0 Å². The van der Waals surface area contributed by atoms with Crippen LogP contribution in [0.1, 0.15) is 24.2 Å². The van der Waals surface area contributed by atoms with Crippen molar-refractivity contribution in [2.45, 2.75) is 24.8 Å². The second-order valence-corrected chi connectivity index (χ2v) is 9.44. The number of hydrogen-bond donors (Lipinski definition) is 1. The van der Waals surface area contributed by atoms with Crippen molar-refractivity contribution >= 4 is 42.6 Å². The number of aromatic nitrogens is 1. The van der Waals surface area contributed by atoms with Gasteiger partial charge in [0.15, 0.2) is 5.13 Å². The van der Waals surface area contributed by atoms with Crippen LogP contribution in [0.3, 0.4) is 0 Å². The van der Waals surface area contributed by atoms with E-state index < -0.39 is 10.0 Å². The minimum Gasteiger partial charge on any atom is -0.383 e. The van der Waals surface area contributed by atoms with E-state index in [1.807, 2.05) is 24.3 Å². The molecule has 154 valence electrons. The Hall–Kier alpha value is -2.33. The maximum atomic E-state index is 13.3. The summed E-state index contributed by atoms with van der Waals surface area (Å²) in [5, 5.41) is 0.543. The average molecular weight is 434 g/mol. The molecule has 2 aromatic carbocycles. The summed E-state index contributed by atoms with van der Waals surface area (Å²) in [4.78, 5) is 19.4. The van der Waals surface area contributed by atoms with E-state index in [0.29, 0.717) is 18.3 Å². The lowest BCUT2D eigenvalue weighted by Gasteiger charge is -2.20. The molecule has 3 aromatic rings. The fraction of sp³-hybridized carbons (Fsp3) is 0.300. The second kappa shape index (κ2) is 9.00. The molecule has 0 spiro atoms. The summed E-state index contributed by atoms with van der Waals surface area (Å²) in [5.74, 6) is -0.331. The van der Waals surface area contributed by atoms with Gasteiger partial charge < -0.3 is 4.74 Å². The van der Waals surface area contributed by atoms with Crippen LogP contribution in [0.4, 0.5) is 5.13 Å². The van der Waals surface area contributed by atoms with E-state index in [4.69, 9.17) is 4.74 Å². The number of nitrogens with zero attached hydrogens (tertiary/aromatic N) is 2. The number of hydrogen-bond acceptors (Lipinski definition) is 6. The van der Waals surface area contributed by atoms with Crippen LogP contribution >= 0.6 is 11.3 Å². The van der Waals surface area contributed by atoms with Gasteiger partial charge in [-0.15, -0.1) is 0 Å². The van der Waals surface area contributed by atoms with Gasteiger partial charge in [-0.2, -0.15) is 0 Å². The highest BCUT2D eigenvalue weighted by atomic mass is 32.2. The quantitative estimate of drug-likeness (QED) is 0.589. The van der Waals surface area contributed by atoms with Gasteiger partial charge in [0, 0.05) is 18.7 Å². The summed E-state index contributed by atoms with van der Waals surface area (Å²) in [6.45, 7) is 4.11. The van der Waals surface area contributed by atoms with Crippen LogP contribution < -0.4 is 9.62 Å². The largest absolute Gasteiger partial charge is 0.383 e. The van der Waals surface area contributed by atoms with Gasteiger partial charge in [-0.3, -0.25) is 9.69 Å². The van der Waals surface area contributed by atoms with E-state index in [1.165, 1.54) is 28.4 Å². The molecule has 0 bridgehead atoms. The number of ether oxygens (including phenoxy) is 1. The maximum absolute atomic E-state index is 13.3. The number of para-hydroxylation sites is 1. The van der Waals surface area contributed by atoms with Gasteiger partial charge in [0.05, 0.1) is 28.3 Å². The lowest BCUT2D eigenvalue weighted by Crippen LogP contribution is -2.34. The molecule has 0 radical (unpaired) electrons. The smallest absolute Gasteiger partial charge is 0.260 e. The van der Waals surface area contributed by atoms with E-state index in [1.54, 1.807) is 33.1 Å². The number of amides is 1. The van der Waals surface area contributed by atoms with Crippen molar-refractivity contribution in [1.82, 2.24) is 9.71 Å². The second-order valence-electron chi connectivity index (χ2n) is 6.72. The number of benzene rings is 2. The molecular weight excluding hydrogens is 410 g/mol. The van der Waals surface area contributed by atoms with Crippen molar-refractivity contribution in [3.63, 3.8) is 0 Å². The van der Waals surface area contributed by atoms with Crippen LogP contribution in [-0.4, -0.2) is 45.6 Å². The molecule has 1 heterocycles. The molecule has 1 aromatic heterocycles. The molecule has 0 aliphatic heterocycles. The Morgan fingerprint density at radius 3 is 2.66 bits per heavy atom. The zero-order valence-electron chi connectivity index (χ0n) is 16.5. The van der Waals surface area contributed by atoms with Crippen LogP contribution in [0.5, 0.6) is 0 Å². The molecule has 0 saturated carbocycles. The number of sulfonamides is 1. The van der Waals surface area contributed by atoms with Crippen molar-refractivity contribution in [1.29, 1.82) is 0 Å². The third kappa shape index (κ3) is 4.99. The standard InChI is InChI=1S/C20H23N3O4S2/c1-14(2)22-29(25,26)16-8-6-7-15(13-16)19(24)23(11-12-27-3)20-21-17-9-4-5-10-18(17)28-20/h4-10,13-14,22H,11-12H2,1-3H3. The Morgan fingerprint density at radius 1 is 1.21 bits per heavy atom. The number of methoxy groups -OCH3 is 1. The zero-order valence-corrected chi connectivity index (χ0v) is 18.1. The highest BCUT2D eigenvalue weighted by Crippen LogP contribution is 2.29. The minimum absolute atomic E-state index is 0.0491. The number of anilines is 1. The lowest BCUT2D eigenvalue weighted by molar-refractivity contribution is 0.0975. The first kappa shape index (κ1) is 21.4. The van der Waals surface area contributed by atoms with Crippen molar-refractivity contribution in [2.24, 2.45) is 0 Å². The Kier molecular flexibility index (Phi) is 6.63. The molecular formula is C20H23N3O4S2. The number of rotatable bonds is 8. The van der Waals surface area contributed by atoms with Gasteiger partial charge in [-0.1, -0.05) is 29.5 Å². The van der Waals surface area contributed by atoms with Gasteiger partial charge in [-0.25, -0.2) is 18.1 Å². The van der Waals surface area contributed by atoms with E-state index >= 15 is 0 Å². The molecule has 1 amide bonds. The topological polar surface area (TPSA) is 88.6 Å². The molecule has 0 unspecified atom stereocenters. The van der Waals surface area contributed by atoms with Crippen LogP contribution in [0.15, 0.2) is 53.4 Å². The van der Waals surface area contributed by atoms with E-state index in [9.17, 15) is 13.2 Å². The fourth-order valence-electron chi connectivity index (χ4n) is 2.77. The van der Waals surface area contributed by atoms with Crippen LogP contribution in [-0.2, 0) is 14.8 Å². The summed E-state index contributed by atoms with van der Waals surface area (Å²) in [5.41, 5.74) is 1.08. The first-order valence-corrected chi connectivity index (χ1v) is 11.4. The van der Waals surface area contributed by atoms with Gasteiger partial charge >= 0.3 is 0 Å². The fourth-order valence-corrected chi connectivity index (χ4v) is 5.06. The lowest BCUT2D eigenvalue weighted by atomic mass is 10.2. The van der Waals surface area contributed by atoms with Gasteiger partial charge in [-0.05, 0) is 44.2 Å².